The van der Waals surface area contributed by atoms with Crippen LogP contribution in [0.1, 0.15) is 11.1 Å². The molecule has 0 aliphatic heterocycles. The fourth-order valence-corrected chi connectivity index (χ4v) is 3.64. The van der Waals surface area contributed by atoms with Crippen molar-refractivity contribution >= 4 is 44.8 Å². The molecular weight excluding hydrogens is 468 g/mol. The quantitative estimate of drug-likeness (QED) is 0.388. The third-order valence-electron chi connectivity index (χ3n) is 4.02. The molecule has 3 nitrogen and oxygen atoms in total. The number of hydrogen-bond donors (Lipinski definition) is 1. The Morgan fingerprint density at radius 2 is 1.79 bits per heavy atom. The molecule has 3 aromatic carbocycles. The van der Waals surface area contributed by atoms with Crippen LogP contribution in [0.4, 0.5) is 10.1 Å². The van der Waals surface area contributed by atoms with Crippen LogP contribution in [-0.4, -0.2) is 7.11 Å². The summed E-state index contributed by atoms with van der Waals surface area (Å²) in [6.07, 6.45) is 0. The Bertz CT molecular complexity index is 967. The molecule has 1 N–H and O–H groups in total. The first kappa shape index (κ1) is 20.8. The molecule has 3 aromatic rings. The molecule has 0 bridgehead atoms. The molecule has 28 heavy (non-hydrogen) atoms. The lowest BCUT2D eigenvalue weighted by Crippen LogP contribution is -2.03. The minimum Gasteiger partial charge on any atom is -0.493 e. The van der Waals surface area contributed by atoms with Gasteiger partial charge in [0, 0.05) is 27.8 Å². The van der Waals surface area contributed by atoms with Crippen LogP contribution in [-0.2, 0) is 13.2 Å². The van der Waals surface area contributed by atoms with E-state index in [0.29, 0.717) is 28.1 Å². The molecular formula is C21H17BrCl2FNO2. The summed E-state index contributed by atoms with van der Waals surface area (Å²) in [5.41, 5.74) is 2.63. The van der Waals surface area contributed by atoms with E-state index in [9.17, 15) is 4.39 Å². The summed E-state index contributed by atoms with van der Waals surface area (Å²) in [5.74, 6) is 0.909. The van der Waals surface area contributed by atoms with Gasteiger partial charge in [-0.15, -0.1) is 0 Å². The highest BCUT2D eigenvalue weighted by Gasteiger charge is 2.13. The molecule has 0 heterocycles. The molecule has 0 saturated carbocycles. The molecule has 0 aliphatic carbocycles. The number of hydrogen-bond acceptors (Lipinski definition) is 3. The molecule has 0 unspecified atom stereocenters. The Morgan fingerprint density at radius 1 is 1.04 bits per heavy atom. The maximum absolute atomic E-state index is 13.0. The second kappa shape index (κ2) is 9.50. The monoisotopic (exact) mass is 483 g/mol. The van der Waals surface area contributed by atoms with E-state index in [2.05, 4.69) is 21.2 Å². The Kier molecular flexibility index (Phi) is 7.05. The molecule has 146 valence electrons. The van der Waals surface area contributed by atoms with Crippen LogP contribution in [0.25, 0.3) is 0 Å². The predicted octanol–water partition coefficient (Wildman–Crippen LogP) is 7.09. The lowest BCUT2D eigenvalue weighted by Gasteiger charge is -2.15. The fourth-order valence-electron chi connectivity index (χ4n) is 2.58. The molecule has 0 atom stereocenters. The minimum atomic E-state index is -0.266. The predicted molar refractivity (Wildman–Crippen MR) is 115 cm³/mol. The Balaban J connectivity index is 1.72. The van der Waals surface area contributed by atoms with Gasteiger partial charge in [0.25, 0.3) is 0 Å². The van der Waals surface area contributed by atoms with Crippen molar-refractivity contribution in [1.29, 1.82) is 0 Å². The van der Waals surface area contributed by atoms with Gasteiger partial charge in [-0.1, -0.05) is 29.3 Å². The minimum absolute atomic E-state index is 0.266. The van der Waals surface area contributed by atoms with Crippen molar-refractivity contribution in [3.8, 4) is 11.5 Å². The molecule has 0 aliphatic rings. The lowest BCUT2D eigenvalue weighted by atomic mass is 10.2. The van der Waals surface area contributed by atoms with E-state index < -0.39 is 0 Å². The normalized spacial score (nSPS) is 10.6. The third-order valence-corrected chi connectivity index (χ3v) is 5.19. The topological polar surface area (TPSA) is 30.5 Å². The SMILES string of the molecule is COc1cc(CNc2ccc(F)cc2)cc(Br)c1OCc1ccc(Cl)cc1Cl. The molecule has 3 rings (SSSR count). The molecule has 0 amide bonds. The molecule has 0 spiro atoms. The molecule has 0 saturated heterocycles. The van der Waals surface area contributed by atoms with Crippen LogP contribution >= 0.6 is 39.1 Å². The number of nitrogens with one attached hydrogen (secondary N) is 1. The van der Waals surface area contributed by atoms with Crippen molar-refractivity contribution < 1.29 is 13.9 Å². The van der Waals surface area contributed by atoms with Crippen molar-refractivity contribution in [3.05, 3.63) is 86.1 Å². The van der Waals surface area contributed by atoms with Crippen LogP contribution in [0.3, 0.4) is 0 Å². The summed E-state index contributed by atoms with van der Waals surface area (Å²) in [6, 6.07) is 15.3. The first-order chi connectivity index (χ1) is 13.5. The molecule has 0 aromatic heterocycles. The average molecular weight is 485 g/mol. The molecule has 0 radical (unpaired) electrons. The van der Waals surface area contributed by atoms with Gasteiger partial charge in [0.1, 0.15) is 12.4 Å². The van der Waals surface area contributed by atoms with Crippen molar-refractivity contribution in [3.63, 3.8) is 0 Å². The smallest absolute Gasteiger partial charge is 0.175 e. The third kappa shape index (κ3) is 5.31. The summed E-state index contributed by atoms with van der Waals surface area (Å²) in [4.78, 5) is 0. The van der Waals surface area contributed by atoms with Gasteiger partial charge in [0.15, 0.2) is 11.5 Å². The van der Waals surface area contributed by atoms with Gasteiger partial charge in [0.05, 0.1) is 11.6 Å². The first-order valence-corrected chi connectivity index (χ1v) is 9.93. The van der Waals surface area contributed by atoms with Gasteiger partial charge in [-0.2, -0.15) is 0 Å². The Hall–Kier alpha value is -1.95. The molecule has 0 fully saturated rings. The second-order valence-corrected chi connectivity index (χ2v) is 7.69. The first-order valence-electron chi connectivity index (χ1n) is 8.39. The van der Waals surface area contributed by atoms with E-state index in [1.807, 2.05) is 18.2 Å². The maximum atomic E-state index is 13.0. The standard InChI is InChI=1S/C21H17BrCl2FNO2/c1-27-20-9-13(11-26-17-6-4-16(25)5-7-17)8-18(22)21(20)28-12-14-2-3-15(23)10-19(14)24/h2-10,26H,11-12H2,1H3. The van der Waals surface area contributed by atoms with Crippen LogP contribution in [0.15, 0.2) is 59.1 Å². The van der Waals surface area contributed by atoms with Crippen LogP contribution in [0, 0.1) is 5.82 Å². The average Bonchev–Trinajstić information content (AvgIpc) is 2.67. The van der Waals surface area contributed by atoms with Gasteiger partial charge >= 0.3 is 0 Å². The van der Waals surface area contributed by atoms with Gasteiger partial charge in [-0.05, 0) is 70.0 Å². The lowest BCUT2D eigenvalue weighted by molar-refractivity contribution is 0.282. The van der Waals surface area contributed by atoms with E-state index in [0.717, 1.165) is 21.3 Å². The van der Waals surface area contributed by atoms with Crippen LogP contribution in [0.5, 0.6) is 11.5 Å². The van der Waals surface area contributed by atoms with E-state index in [1.165, 1.54) is 12.1 Å². The zero-order valence-electron chi connectivity index (χ0n) is 14.9. The van der Waals surface area contributed by atoms with Gasteiger partial charge in [-0.3, -0.25) is 0 Å². The van der Waals surface area contributed by atoms with Crippen molar-refractivity contribution in [2.45, 2.75) is 13.2 Å². The summed E-state index contributed by atoms with van der Waals surface area (Å²) in [7, 11) is 1.58. The van der Waals surface area contributed by atoms with E-state index in [1.54, 1.807) is 31.4 Å². The van der Waals surface area contributed by atoms with Gasteiger partial charge in [-0.25, -0.2) is 4.39 Å². The summed E-state index contributed by atoms with van der Waals surface area (Å²) in [6.45, 7) is 0.821. The Labute approximate surface area is 181 Å². The highest BCUT2D eigenvalue weighted by atomic mass is 79.9. The number of benzene rings is 3. The van der Waals surface area contributed by atoms with Gasteiger partial charge in [0.2, 0.25) is 0 Å². The largest absolute Gasteiger partial charge is 0.493 e. The summed E-state index contributed by atoms with van der Waals surface area (Å²) >= 11 is 15.7. The number of anilines is 1. The van der Waals surface area contributed by atoms with E-state index in [4.69, 9.17) is 32.7 Å². The summed E-state index contributed by atoms with van der Waals surface area (Å²) in [5, 5.41) is 4.36. The Morgan fingerprint density at radius 3 is 2.46 bits per heavy atom. The van der Waals surface area contributed by atoms with Crippen molar-refractivity contribution in [1.82, 2.24) is 0 Å². The number of ether oxygens (including phenoxy) is 2. The van der Waals surface area contributed by atoms with Crippen molar-refractivity contribution in [2.24, 2.45) is 0 Å². The maximum Gasteiger partial charge on any atom is 0.175 e. The highest BCUT2D eigenvalue weighted by molar-refractivity contribution is 9.10. The fraction of sp³-hybridized carbons (Fsp3) is 0.143. The van der Waals surface area contributed by atoms with E-state index in [-0.39, 0.29) is 12.4 Å². The number of rotatable bonds is 7. The number of halogens is 4. The zero-order valence-corrected chi connectivity index (χ0v) is 18.0. The zero-order chi connectivity index (χ0) is 20.1. The second-order valence-electron chi connectivity index (χ2n) is 5.99. The summed E-state index contributed by atoms with van der Waals surface area (Å²) < 4.78 is 25.2. The van der Waals surface area contributed by atoms with Crippen LogP contribution in [0.2, 0.25) is 10.0 Å². The molecule has 7 heteroatoms. The van der Waals surface area contributed by atoms with E-state index >= 15 is 0 Å². The van der Waals surface area contributed by atoms with Crippen molar-refractivity contribution in [2.75, 3.05) is 12.4 Å². The van der Waals surface area contributed by atoms with Gasteiger partial charge < -0.3 is 14.8 Å². The highest BCUT2D eigenvalue weighted by Crippen LogP contribution is 2.38. The number of methoxy groups -OCH3 is 1. The van der Waals surface area contributed by atoms with Crippen LogP contribution < -0.4 is 14.8 Å².